The van der Waals surface area contributed by atoms with Crippen molar-refractivity contribution in [1.82, 2.24) is 10.2 Å². The Morgan fingerprint density at radius 1 is 1.39 bits per heavy atom. The average Bonchev–Trinajstić information content (AvgIpc) is 2.24. The predicted molar refractivity (Wildman–Crippen MR) is 75.4 cm³/mol. The lowest BCUT2D eigenvalue weighted by Gasteiger charge is -2.31. The number of carbonyl (C=O) groups excluding carboxylic acids is 1. The molecule has 1 aliphatic rings. The largest absolute Gasteiger partial charge is 0.336 e. The first-order valence-electron chi connectivity index (χ1n) is 7.06. The van der Waals surface area contributed by atoms with Crippen molar-refractivity contribution in [2.45, 2.75) is 53.0 Å². The summed E-state index contributed by atoms with van der Waals surface area (Å²) in [5, 5.41) is 2.95. The van der Waals surface area contributed by atoms with E-state index in [0.29, 0.717) is 6.54 Å². The molecule has 1 heterocycles. The molecule has 1 unspecified atom stereocenters. The summed E-state index contributed by atoms with van der Waals surface area (Å²) in [6, 6.07) is 0.0870. The molecule has 0 radical (unpaired) electrons. The zero-order chi connectivity index (χ0) is 13.8. The van der Waals surface area contributed by atoms with Crippen LogP contribution >= 0.6 is 0 Å². The summed E-state index contributed by atoms with van der Waals surface area (Å²) in [7, 11) is 0. The number of nitrogens with zero attached hydrogens (tertiary/aromatic N) is 1. The van der Waals surface area contributed by atoms with Gasteiger partial charge in [0.25, 0.3) is 0 Å². The van der Waals surface area contributed by atoms with Crippen molar-refractivity contribution in [1.29, 1.82) is 0 Å². The summed E-state index contributed by atoms with van der Waals surface area (Å²) in [6.45, 7) is 11.1. The summed E-state index contributed by atoms with van der Waals surface area (Å²) in [5.74, 6) is 0.747. The number of hydrogen-bond acceptors (Lipinski definition) is 2. The number of rotatable bonds is 3. The van der Waals surface area contributed by atoms with Crippen LogP contribution in [0.4, 0.5) is 4.79 Å². The van der Waals surface area contributed by atoms with Gasteiger partial charge in [0.2, 0.25) is 0 Å². The molecule has 0 spiro atoms. The van der Waals surface area contributed by atoms with Gasteiger partial charge in [-0.25, -0.2) is 4.79 Å². The Kier molecular flexibility index (Phi) is 5.45. The van der Waals surface area contributed by atoms with Gasteiger partial charge in [0.05, 0.1) is 0 Å². The number of urea groups is 1. The number of likely N-dealkylation sites (tertiary alicyclic amines) is 1. The van der Waals surface area contributed by atoms with Crippen LogP contribution in [0.5, 0.6) is 0 Å². The van der Waals surface area contributed by atoms with Crippen molar-refractivity contribution < 1.29 is 4.79 Å². The summed E-state index contributed by atoms with van der Waals surface area (Å²) < 4.78 is 0. The van der Waals surface area contributed by atoms with Gasteiger partial charge in [-0.2, -0.15) is 0 Å². The number of piperidine rings is 1. The Bertz CT molecular complexity index is 265. The highest BCUT2D eigenvalue weighted by Crippen LogP contribution is 2.19. The molecule has 18 heavy (non-hydrogen) atoms. The molecule has 1 rings (SSSR count). The molecule has 2 amide bonds. The second-order valence-electron chi connectivity index (χ2n) is 6.88. The number of nitrogens with two attached hydrogens (primary N) is 1. The SMILES string of the molecule is CC1CCN(C(=O)NCC(N)CC(C)(C)C)CC1. The van der Waals surface area contributed by atoms with E-state index < -0.39 is 0 Å². The maximum atomic E-state index is 11.9. The molecule has 0 aromatic heterocycles. The fraction of sp³-hybridized carbons (Fsp3) is 0.929. The van der Waals surface area contributed by atoms with Gasteiger partial charge in [0.1, 0.15) is 0 Å². The molecule has 4 nitrogen and oxygen atoms in total. The molecule has 1 fully saturated rings. The van der Waals surface area contributed by atoms with Crippen LogP contribution < -0.4 is 11.1 Å². The highest BCUT2D eigenvalue weighted by Gasteiger charge is 2.21. The molecule has 0 bridgehead atoms. The van der Waals surface area contributed by atoms with E-state index in [2.05, 4.69) is 33.0 Å². The highest BCUT2D eigenvalue weighted by molar-refractivity contribution is 5.74. The number of hydrogen-bond donors (Lipinski definition) is 2. The van der Waals surface area contributed by atoms with E-state index >= 15 is 0 Å². The van der Waals surface area contributed by atoms with Crippen LogP contribution in [-0.2, 0) is 0 Å². The van der Waals surface area contributed by atoms with E-state index in [1.54, 1.807) is 0 Å². The van der Waals surface area contributed by atoms with Gasteiger partial charge in [0.15, 0.2) is 0 Å². The Labute approximate surface area is 111 Å². The zero-order valence-electron chi connectivity index (χ0n) is 12.3. The van der Waals surface area contributed by atoms with Gasteiger partial charge in [-0.3, -0.25) is 0 Å². The quantitative estimate of drug-likeness (QED) is 0.812. The molecule has 1 atom stereocenters. The minimum absolute atomic E-state index is 0.0395. The molecule has 0 aromatic carbocycles. The van der Waals surface area contributed by atoms with Crippen LogP contribution in [0.2, 0.25) is 0 Å². The lowest BCUT2D eigenvalue weighted by molar-refractivity contribution is 0.172. The Hall–Kier alpha value is -0.770. The van der Waals surface area contributed by atoms with Crippen molar-refractivity contribution >= 4 is 6.03 Å². The van der Waals surface area contributed by atoms with Crippen molar-refractivity contribution in [3.8, 4) is 0 Å². The van der Waals surface area contributed by atoms with Gasteiger partial charge in [-0.05, 0) is 30.6 Å². The second kappa shape index (κ2) is 6.41. The molecule has 3 N–H and O–H groups in total. The first kappa shape index (κ1) is 15.3. The fourth-order valence-corrected chi connectivity index (χ4v) is 2.40. The topological polar surface area (TPSA) is 58.4 Å². The van der Waals surface area contributed by atoms with Crippen LogP contribution in [0.1, 0.15) is 47.0 Å². The van der Waals surface area contributed by atoms with E-state index in [4.69, 9.17) is 5.73 Å². The zero-order valence-corrected chi connectivity index (χ0v) is 12.3. The van der Waals surface area contributed by atoms with Gasteiger partial charge in [0, 0.05) is 25.7 Å². The molecule has 1 aliphatic heterocycles. The Morgan fingerprint density at radius 3 is 2.44 bits per heavy atom. The van der Waals surface area contributed by atoms with E-state index in [1.807, 2.05) is 4.90 Å². The Morgan fingerprint density at radius 2 is 1.94 bits per heavy atom. The molecule has 1 saturated heterocycles. The molecule has 106 valence electrons. The molecule has 0 aliphatic carbocycles. The maximum absolute atomic E-state index is 11.9. The van der Waals surface area contributed by atoms with Gasteiger partial charge in [-0.15, -0.1) is 0 Å². The Balaban J connectivity index is 2.24. The minimum atomic E-state index is 0.0395. The van der Waals surface area contributed by atoms with Crippen molar-refractivity contribution in [2.75, 3.05) is 19.6 Å². The van der Waals surface area contributed by atoms with Gasteiger partial charge < -0.3 is 16.0 Å². The van der Waals surface area contributed by atoms with E-state index in [1.165, 1.54) is 0 Å². The van der Waals surface area contributed by atoms with Crippen LogP contribution in [-0.4, -0.2) is 36.6 Å². The summed E-state index contributed by atoms with van der Waals surface area (Å²) in [6.07, 6.45) is 3.15. The molecular formula is C14H29N3O. The number of carbonyl (C=O) groups is 1. The number of amides is 2. The van der Waals surface area contributed by atoms with Gasteiger partial charge in [-0.1, -0.05) is 27.7 Å². The molecule has 4 heteroatoms. The first-order chi connectivity index (χ1) is 8.28. The van der Waals surface area contributed by atoms with Crippen LogP contribution in [0, 0.1) is 11.3 Å². The van der Waals surface area contributed by atoms with Gasteiger partial charge >= 0.3 is 6.03 Å². The van der Waals surface area contributed by atoms with Crippen LogP contribution in [0.15, 0.2) is 0 Å². The first-order valence-corrected chi connectivity index (χ1v) is 7.06. The fourth-order valence-electron chi connectivity index (χ4n) is 2.40. The summed E-state index contributed by atoms with van der Waals surface area (Å²) in [5.41, 5.74) is 6.24. The normalized spacial score (nSPS) is 19.7. The third-order valence-corrected chi connectivity index (χ3v) is 3.46. The van der Waals surface area contributed by atoms with E-state index in [9.17, 15) is 4.79 Å². The smallest absolute Gasteiger partial charge is 0.317 e. The summed E-state index contributed by atoms with van der Waals surface area (Å²) in [4.78, 5) is 13.8. The molecule has 0 saturated carbocycles. The lowest BCUT2D eigenvalue weighted by Crippen LogP contribution is -2.48. The van der Waals surface area contributed by atoms with E-state index in [-0.39, 0.29) is 17.5 Å². The predicted octanol–water partition coefficient (Wildman–Crippen LogP) is 2.19. The average molecular weight is 255 g/mol. The molecular weight excluding hydrogens is 226 g/mol. The van der Waals surface area contributed by atoms with Crippen molar-refractivity contribution in [3.63, 3.8) is 0 Å². The third kappa shape index (κ3) is 5.71. The van der Waals surface area contributed by atoms with Crippen molar-refractivity contribution in [3.05, 3.63) is 0 Å². The lowest BCUT2D eigenvalue weighted by atomic mass is 9.88. The minimum Gasteiger partial charge on any atom is -0.336 e. The van der Waals surface area contributed by atoms with Crippen molar-refractivity contribution in [2.24, 2.45) is 17.1 Å². The highest BCUT2D eigenvalue weighted by atomic mass is 16.2. The van der Waals surface area contributed by atoms with Crippen LogP contribution in [0.25, 0.3) is 0 Å². The third-order valence-electron chi connectivity index (χ3n) is 3.46. The van der Waals surface area contributed by atoms with Crippen LogP contribution in [0.3, 0.4) is 0 Å². The molecule has 0 aromatic rings. The summed E-state index contributed by atoms with van der Waals surface area (Å²) >= 11 is 0. The monoisotopic (exact) mass is 255 g/mol. The van der Waals surface area contributed by atoms with E-state index in [0.717, 1.165) is 38.3 Å². The number of nitrogens with one attached hydrogen (secondary N) is 1. The standard InChI is InChI=1S/C14H29N3O/c1-11-5-7-17(8-6-11)13(18)16-10-12(15)9-14(2,3)4/h11-12H,5-10,15H2,1-4H3,(H,16,18). The second-order valence-corrected chi connectivity index (χ2v) is 6.88. The maximum Gasteiger partial charge on any atom is 0.317 e.